The van der Waals surface area contributed by atoms with Crippen molar-refractivity contribution in [2.45, 2.75) is 50.9 Å². The number of aliphatic hydroxyl groups excluding tert-OH is 1. The minimum atomic E-state index is -2.81. The summed E-state index contributed by atoms with van der Waals surface area (Å²) >= 11 is 0. The van der Waals surface area contributed by atoms with Crippen LogP contribution in [0.1, 0.15) is 50.4 Å². The van der Waals surface area contributed by atoms with Crippen molar-refractivity contribution in [1.82, 2.24) is 0 Å². The van der Waals surface area contributed by atoms with Crippen LogP contribution in [0.3, 0.4) is 0 Å². The second-order valence-electron chi connectivity index (χ2n) is 7.12. The number of hydrazone groups is 1. The highest BCUT2D eigenvalue weighted by Crippen LogP contribution is 2.68. The lowest BCUT2D eigenvalue weighted by Gasteiger charge is -2.33. The summed E-state index contributed by atoms with van der Waals surface area (Å²) in [5, 5.41) is 16.1. The van der Waals surface area contributed by atoms with E-state index in [0.29, 0.717) is 5.90 Å². The largest absolute Gasteiger partial charge is 0.424 e. The predicted molar refractivity (Wildman–Crippen MR) is 111 cm³/mol. The fraction of sp³-hybridized carbons (Fsp3) is 0.381. The van der Waals surface area contributed by atoms with Crippen molar-refractivity contribution in [3.63, 3.8) is 0 Å². The molecule has 0 saturated heterocycles. The maximum atomic E-state index is 11.5. The molecule has 0 spiro atoms. The molecule has 2 aromatic carbocycles. The van der Waals surface area contributed by atoms with Gasteiger partial charge in [-0.05, 0) is 30.5 Å². The quantitative estimate of drug-likeness (QED) is 0.668. The zero-order valence-electron chi connectivity index (χ0n) is 15.6. The first-order valence-corrected chi connectivity index (χ1v) is 11.3. The van der Waals surface area contributed by atoms with E-state index in [4.69, 9.17) is 9.27 Å². The standard InChI is InChI=1S/C21H26N3O2P/c1-17-22-24(20-15-9-4-10-16-20)27(26-17,23-19-13-7-3-8-14-19)21(25)18-11-5-2-6-12-18/h2,4-6,9-12,15-16,19,21,25H,3,7-8,13-14H2,1H3. The van der Waals surface area contributed by atoms with Gasteiger partial charge in [-0.25, -0.2) is 4.74 Å². The van der Waals surface area contributed by atoms with E-state index in [-0.39, 0.29) is 6.04 Å². The molecule has 2 aliphatic rings. The second kappa shape index (κ2) is 7.87. The van der Waals surface area contributed by atoms with Crippen LogP contribution in [0.4, 0.5) is 5.69 Å². The molecule has 0 amide bonds. The summed E-state index contributed by atoms with van der Waals surface area (Å²) in [7, 11) is -2.81. The van der Waals surface area contributed by atoms with Crippen LogP contribution in [-0.2, 0) is 4.52 Å². The van der Waals surface area contributed by atoms with Gasteiger partial charge in [-0.1, -0.05) is 67.8 Å². The van der Waals surface area contributed by atoms with Gasteiger partial charge in [0.25, 0.3) is 7.43 Å². The zero-order chi connectivity index (χ0) is 18.7. The van der Waals surface area contributed by atoms with Gasteiger partial charge >= 0.3 is 0 Å². The minimum Gasteiger partial charge on any atom is -0.424 e. The van der Waals surface area contributed by atoms with Crippen molar-refractivity contribution >= 4 is 19.0 Å². The highest BCUT2D eigenvalue weighted by molar-refractivity contribution is 7.64. The third-order valence-corrected chi connectivity index (χ3v) is 8.07. The van der Waals surface area contributed by atoms with Crippen molar-refractivity contribution in [1.29, 1.82) is 0 Å². The number of aliphatic hydroxyl groups is 1. The molecule has 27 heavy (non-hydrogen) atoms. The summed E-state index contributed by atoms with van der Waals surface area (Å²) < 4.78 is 13.4. The van der Waals surface area contributed by atoms with Crippen LogP contribution in [-0.4, -0.2) is 17.0 Å². The van der Waals surface area contributed by atoms with Crippen LogP contribution in [0.15, 0.2) is 70.5 Å². The van der Waals surface area contributed by atoms with Crippen LogP contribution in [0.2, 0.25) is 0 Å². The average molecular weight is 383 g/mol. The second-order valence-corrected chi connectivity index (χ2v) is 9.58. The summed E-state index contributed by atoms with van der Waals surface area (Å²) in [5.41, 5.74) is 1.72. The fourth-order valence-corrected chi connectivity index (χ4v) is 6.83. The average Bonchev–Trinajstić information content (AvgIpc) is 3.06. The summed E-state index contributed by atoms with van der Waals surface area (Å²) in [6.45, 7) is 1.84. The Kier molecular flexibility index (Phi) is 5.33. The Morgan fingerprint density at radius 3 is 2.33 bits per heavy atom. The third kappa shape index (κ3) is 3.67. The lowest BCUT2D eigenvalue weighted by Crippen LogP contribution is -2.18. The number of nitrogens with zero attached hydrogens (tertiary/aromatic N) is 3. The van der Waals surface area contributed by atoms with Gasteiger partial charge in [-0.3, -0.25) is 0 Å². The van der Waals surface area contributed by atoms with Gasteiger partial charge < -0.3 is 9.63 Å². The van der Waals surface area contributed by atoms with E-state index < -0.39 is 13.3 Å². The third-order valence-electron chi connectivity index (χ3n) is 5.08. The Balaban J connectivity index is 1.84. The minimum absolute atomic E-state index is 0.206. The van der Waals surface area contributed by atoms with Gasteiger partial charge in [0.05, 0.1) is 11.7 Å². The number of rotatable bonds is 4. The van der Waals surface area contributed by atoms with Crippen molar-refractivity contribution in [3.8, 4) is 0 Å². The van der Waals surface area contributed by atoms with Gasteiger partial charge in [0.1, 0.15) is 0 Å². The van der Waals surface area contributed by atoms with Gasteiger partial charge in [0.2, 0.25) is 5.90 Å². The molecule has 0 aromatic heterocycles. The predicted octanol–water partition coefficient (Wildman–Crippen LogP) is 5.91. The molecule has 2 atom stereocenters. The molecular formula is C21H26N3O2P. The van der Waals surface area contributed by atoms with Crippen LogP contribution in [0.5, 0.6) is 0 Å². The molecule has 2 aromatic rings. The van der Waals surface area contributed by atoms with E-state index in [9.17, 15) is 5.11 Å². The molecule has 5 nitrogen and oxygen atoms in total. The number of hydrogen-bond acceptors (Lipinski definition) is 4. The summed E-state index contributed by atoms with van der Waals surface area (Å²) in [6, 6.07) is 19.8. The number of benzene rings is 2. The van der Waals surface area contributed by atoms with Gasteiger partial charge in [-0.15, -0.1) is 5.10 Å². The molecule has 2 unspecified atom stereocenters. The fourth-order valence-electron chi connectivity index (χ4n) is 3.77. The van der Waals surface area contributed by atoms with Gasteiger partial charge in [-0.2, -0.15) is 4.78 Å². The van der Waals surface area contributed by atoms with Crippen molar-refractivity contribution < 1.29 is 9.63 Å². The molecule has 1 heterocycles. The Morgan fingerprint density at radius 1 is 1.04 bits per heavy atom. The van der Waals surface area contributed by atoms with Crippen LogP contribution >= 0.6 is 7.43 Å². The topological polar surface area (TPSA) is 57.4 Å². The maximum absolute atomic E-state index is 11.5. The molecule has 1 N–H and O–H groups in total. The Bertz CT molecular complexity index is 848. The molecule has 1 fully saturated rings. The Labute approximate surface area is 160 Å². The van der Waals surface area contributed by atoms with Crippen molar-refractivity contribution in [2.24, 2.45) is 9.85 Å². The van der Waals surface area contributed by atoms with Crippen molar-refractivity contribution in [3.05, 3.63) is 66.2 Å². The molecule has 4 rings (SSSR count). The van der Waals surface area contributed by atoms with Crippen molar-refractivity contribution in [2.75, 3.05) is 4.78 Å². The first-order chi connectivity index (χ1) is 13.2. The summed E-state index contributed by atoms with van der Waals surface area (Å²) in [5.74, 6) is -0.288. The highest BCUT2D eigenvalue weighted by Gasteiger charge is 2.45. The first-order valence-electron chi connectivity index (χ1n) is 9.64. The SMILES string of the molecule is CC1=NN(c2ccccc2)P(=NC2CCCCC2)(C(O)c2ccccc2)O1. The van der Waals surface area contributed by atoms with Gasteiger partial charge in [0, 0.05) is 6.92 Å². The van der Waals surface area contributed by atoms with Crippen LogP contribution in [0, 0.1) is 0 Å². The number of anilines is 1. The lowest BCUT2D eigenvalue weighted by atomic mass is 9.97. The molecule has 0 bridgehead atoms. The monoisotopic (exact) mass is 383 g/mol. The molecule has 0 radical (unpaired) electrons. The van der Waals surface area contributed by atoms with E-state index >= 15 is 0 Å². The molecule has 1 aliphatic heterocycles. The zero-order valence-corrected chi connectivity index (χ0v) is 16.5. The lowest BCUT2D eigenvalue weighted by molar-refractivity contribution is 0.248. The summed E-state index contributed by atoms with van der Waals surface area (Å²) in [4.78, 5) is 0. The maximum Gasteiger partial charge on any atom is 0.282 e. The van der Waals surface area contributed by atoms with E-state index in [2.05, 4.69) is 5.10 Å². The molecule has 1 aliphatic carbocycles. The van der Waals surface area contributed by atoms with Gasteiger partial charge in [0.15, 0.2) is 5.85 Å². The van der Waals surface area contributed by atoms with E-state index in [1.54, 1.807) is 0 Å². The molecular weight excluding hydrogens is 357 g/mol. The molecule has 1 saturated carbocycles. The van der Waals surface area contributed by atoms with E-state index in [1.807, 2.05) is 72.4 Å². The van der Waals surface area contributed by atoms with Crippen LogP contribution in [0.25, 0.3) is 0 Å². The number of hydrogen-bond donors (Lipinski definition) is 1. The Morgan fingerprint density at radius 2 is 1.67 bits per heavy atom. The highest BCUT2D eigenvalue weighted by atomic mass is 31.2. The Hall–Kier alpha value is -2.10. The van der Waals surface area contributed by atoms with Crippen LogP contribution < -0.4 is 4.78 Å². The number of para-hydroxylation sites is 1. The first kappa shape index (κ1) is 18.3. The molecule has 6 heteroatoms. The van der Waals surface area contributed by atoms with E-state index in [0.717, 1.165) is 24.1 Å². The molecule has 142 valence electrons. The summed E-state index contributed by atoms with van der Waals surface area (Å²) in [6.07, 6.45) is 5.72. The smallest absolute Gasteiger partial charge is 0.282 e. The van der Waals surface area contributed by atoms with E-state index in [1.165, 1.54) is 19.3 Å². The normalized spacial score (nSPS) is 24.2.